The molecule has 0 radical (unpaired) electrons. The summed E-state index contributed by atoms with van der Waals surface area (Å²) in [6.07, 6.45) is 0. The highest BCUT2D eigenvalue weighted by molar-refractivity contribution is 5.94. The van der Waals surface area contributed by atoms with Gasteiger partial charge in [0, 0.05) is 61.7 Å². The maximum atomic E-state index is 13.8. The van der Waals surface area contributed by atoms with E-state index in [1.165, 1.54) is 24.3 Å². The molecule has 198 valence electrons. The van der Waals surface area contributed by atoms with Crippen LogP contribution in [-0.2, 0) is 0 Å². The summed E-state index contributed by atoms with van der Waals surface area (Å²) in [5.74, 6) is -0.195. The molecule has 0 spiro atoms. The Labute approximate surface area is 224 Å². The SMILES string of the molecule is Cc1ccc(-c2cc(C(=O)N3CCN(c4ccc([N+](=O)[O-])cc4)CC3)n(-c3ccc([N+](=O)[O-])cc3)n2)cc1C. The molecular formula is C28H26N6O5. The third kappa shape index (κ3) is 5.19. The van der Waals surface area contributed by atoms with Crippen LogP contribution in [-0.4, -0.2) is 56.6 Å². The van der Waals surface area contributed by atoms with E-state index in [2.05, 4.69) is 4.90 Å². The van der Waals surface area contributed by atoms with Gasteiger partial charge in [0.15, 0.2) is 0 Å². The minimum atomic E-state index is -0.468. The van der Waals surface area contributed by atoms with Gasteiger partial charge in [0.05, 0.1) is 21.2 Å². The fraction of sp³-hybridized carbons (Fsp3) is 0.214. The fourth-order valence-electron chi connectivity index (χ4n) is 4.60. The molecule has 0 atom stereocenters. The molecule has 0 unspecified atom stereocenters. The van der Waals surface area contributed by atoms with Gasteiger partial charge in [-0.05, 0) is 61.4 Å². The number of nitro groups is 2. The molecule has 11 nitrogen and oxygen atoms in total. The number of benzene rings is 3. The summed E-state index contributed by atoms with van der Waals surface area (Å²) < 4.78 is 1.54. The zero-order chi connectivity index (χ0) is 27.7. The van der Waals surface area contributed by atoms with Gasteiger partial charge in [-0.2, -0.15) is 5.10 Å². The van der Waals surface area contributed by atoms with Crippen molar-refractivity contribution < 1.29 is 14.6 Å². The number of carbonyl (C=O) groups is 1. The van der Waals surface area contributed by atoms with E-state index in [9.17, 15) is 25.0 Å². The molecule has 1 aliphatic heterocycles. The topological polar surface area (TPSA) is 128 Å². The molecule has 1 amide bonds. The first-order valence-corrected chi connectivity index (χ1v) is 12.4. The molecule has 3 aromatic carbocycles. The second-order valence-electron chi connectivity index (χ2n) is 9.45. The van der Waals surface area contributed by atoms with Crippen LogP contribution in [0.5, 0.6) is 0 Å². The lowest BCUT2D eigenvalue weighted by Gasteiger charge is -2.36. The molecule has 1 aliphatic rings. The van der Waals surface area contributed by atoms with Gasteiger partial charge < -0.3 is 9.80 Å². The fourth-order valence-corrected chi connectivity index (χ4v) is 4.60. The Morgan fingerprint density at radius 2 is 1.31 bits per heavy atom. The standard InChI is InChI=1S/C28H26N6O5/c1-19-3-4-21(17-20(19)2)26-18-27(32(29-26)23-7-11-25(12-8-23)34(38)39)28(35)31-15-13-30(14-16-31)22-5-9-24(10-6-22)33(36)37/h3-12,17-18H,13-16H2,1-2H3. The first kappa shape index (κ1) is 25.6. The quantitative estimate of drug-likeness (QED) is 0.257. The van der Waals surface area contributed by atoms with Crippen LogP contribution in [0.25, 0.3) is 16.9 Å². The van der Waals surface area contributed by atoms with Crippen LogP contribution in [0.2, 0.25) is 0 Å². The van der Waals surface area contributed by atoms with Gasteiger partial charge in [0.1, 0.15) is 5.69 Å². The average molecular weight is 527 g/mol. The molecule has 4 aromatic rings. The summed E-state index contributed by atoms with van der Waals surface area (Å²) in [5.41, 5.74) is 5.51. The predicted octanol–water partition coefficient (Wildman–Crippen LogP) is 4.93. The van der Waals surface area contributed by atoms with E-state index in [1.54, 1.807) is 39.9 Å². The minimum absolute atomic E-state index is 0.0339. The first-order valence-electron chi connectivity index (χ1n) is 12.4. The number of amides is 1. The highest BCUT2D eigenvalue weighted by atomic mass is 16.6. The predicted molar refractivity (Wildman–Crippen MR) is 146 cm³/mol. The van der Waals surface area contributed by atoms with E-state index >= 15 is 0 Å². The van der Waals surface area contributed by atoms with Crippen LogP contribution < -0.4 is 4.90 Å². The van der Waals surface area contributed by atoms with E-state index in [0.29, 0.717) is 43.3 Å². The molecule has 2 heterocycles. The lowest BCUT2D eigenvalue weighted by Crippen LogP contribution is -2.49. The lowest BCUT2D eigenvalue weighted by molar-refractivity contribution is -0.385. The molecule has 1 aromatic heterocycles. The molecule has 5 rings (SSSR count). The number of rotatable bonds is 6. The zero-order valence-corrected chi connectivity index (χ0v) is 21.5. The van der Waals surface area contributed by atoms with Crippen molar-refractivity contribution in [2.45, 2.75) is 13.8 Å². The van der Waals surface area contributed by atoms with Crippen LogP contribution in [0.3, 0.4) is 0 Å². The normalized spacial score (nSPS) is 13.4. The number of aryl methyl sites for hydroxylation is 2. The molecule has 0 N–H and O–H groups in total. The van der Waals surface area contributed by atoms with Crippen molar-refractivity contribution in [3.8, 4) is 16.9 Å². The van der Waals surface area contributed by atoms with Gasteiger partial charge in [-0.25, -0.2) is 4.68 Å². The third-order valence-electron chi connectivity index (χ3n) is 7.03. The van der Waals surface area contributed by atoms with Crippen molar-refractivity contribution in [2.24, 2.45) is 0 Å². The highest BCUT2D eigenvalue weighted by Gasteiger charge is 2.27. The molecule has 0 bridgehead atoms. The Bertz CT molecular complexity index is 1550. The Kier molecular flexibility index (Phi) is 6.80. The second-order valence-corrected chi connectivity index (χ2v) is 9.45. The molecule has 0 saturated carbocycles. The summed E-state index contributed by atoms with van der Waals surface area (Å²) >= 11 is 0. The van der Waals surface area contributed by atoms with E-state index in [0.717, 1.165) is 22.4 Å². The van der Waals surface area contributed by atoms with E-state index in [-0.39, 0.29) is 17.3 Å². The number of piperazine rings is 1. The van der Waals surface area contributed by atoms with Crippen molar-refractivity contribution in [2.75, 3.05) is 31.1 Å². The Hall–Kier alpha value is -5.06. The van der Waals surface area contributed by atoms with Gasteiger partial charge in [0.2, 0.25) is 0 Å². The summed E-state index contributed by atoms with van der Waals surface area (Å²) in [5, 5.41) is 26.8. The summed E-state index contributed by atoms with van der Waals surface area (Å²) in [4.78, 5) is 38.8. The molecule has 39 heavy (non-hydrogen) atoms. The van der Waals surface area contributed by atoms with Gasteiger partial charge in [0.25, 0.3) is 17.3 Å². The summed E-state index contributed by atoms with van der Waals surface area (Å²) in [6, 6.07) is 20.1. The zero-order valence-electron chi connectivity index (χ0n) is 21.5. The van der Waals surface area contributed by atoms with Gasteiger partial charge >= 0.3 is 0 Å². The smallest absolute Gasteiger partial charge is 0.272 e. The molecule has 1 saturated heterocycles. The van der Waals surface area contributed by atoms with Crippen LogP contribution in [0, 0.1) is 34.1 Å². The van der Waals surface area contributed by atoms with Crippen molar-refractivity contribution >= 4 is 23.0 Å². The number of nitrogens with zero attached hydrogens (tertiary/aromatic N) is 6. The van der Waals surface area contributed by atoms with Crippen LogP contribution in [0.4, 0.5) is 17.1 Å². The number of anilines is 1. The molecule has 1 fully saturated rings. The number of hydrogen-bond donors (Lipinski definition) is 0. The van der Waals surface area contributed by atoms with Crippen molar-refractivity contribution in [3.63, 3.8) is 0 Å². The van der Waals surface area contributed by atoms with Gasteiger partial charge in [-0.3, -0.25) is 25.0 Å². The highest BCUT2D eigenvalue weighted by Crippen LogP contribution is 2.27. The van der Waals surface area contributed by atoms with E-state index in [1.807, 2.05) is 32.0 Å². The van der Waals surface area contributed by atoms with Crippen molar-refractivity contribution in [1.29, 1.82) is 0 Å². The Balaban J connectivity index is 1.42. The van der Waals surface area contributed by atoms with Crippen molar-refractivity contribution in [1.82, 2.24) is 14.7 Å². The van der Waals surface area contributed by atoms with Crippen LogP contribution in [0.1, 0.15) is 21.6 Å². The molecule has 11 heteroatoms. The summed E-state index contributed by atoms with van der Waals surface area (Å²) in [7, 11) is 0. The minimum Gasteiger partial charge on any atom is -0.368 e. The van der Waals surface area contributed by atoms with Gasteiger partial charge in [-0.15, -0.1) is 0 Å². The maximum Gasteiger partial charge on any atom is 0.272 e. The third-order valence-corrected chi connectivity index (χ3v) is 7.03. The Morgan fingerprint density at radius 1 is 0.744 bits per heavy atom. The lowest BCUT2D eigenvalue weighted by atomic mass is 10.0. The maximum absolute atomic E-state index is 13.8. The van der Waals surface area contributed by atoms with Gasteiger partial charge in [-0.1, -0.05) is 12.1 Å². The van der Waals surface area contributed by atoms with Crippen LogP contribution >= 0.6 is 0 Å². The average Bonchev–Trinajstić information content (AvgIpc) is 3.40. The van der Waals surface area contributed by atoms with E-state index < -0.39 is 9.85 Å². The van der Waals surface area contributed by atoms with Crippen LogP contribution in [0.15, 0.2) is 72.8 Å². The summed E-state index contributed by atoms with van der Waals surface area (Å²) in [6.45, 7) is 6.10. The van der Waals surface area contributed by atoms with E-state index in [4.69, 9.17) is 5.10 Å². The molecular weight excluding hydrogens is 500 g/mol. The number of nitro benzene ring substituents is 2. The second kappa shape index (κ2) is 10.4. The number of non-ortho nitro benzene ring substituents is 2. The largest absolute Gasteiger partial charge is 0.368 e. The molecule has 0 aliphatic carbocycles. The van der Waals surface area contributed by atoms with Crippen molar-refractivity contribution in [3.05, 3.63) is 110 Å². The number of carbonyl (C=O) groups excluding carboxylic acids is 1. The monoisotopic (exact) mass is 526 g/mol. The number of hydrogen-bond acceptors (Lipinski definition) is 7. The Morgan fingerprint density at radius 3 is 1.85 bits per heavy atom. The number of aromatic nitrogens is 2. The first-order chi connectivity index (χ1) is 18.7.